The molecule has 0 aliphatic heterocycles. The third kappa shape index (κ3) is 4.25. The Morgan fingerprint density at radius 2 is 1.41 bits per heavy atom. The van der Waals surface area contributed by atoms with E-state index in [-0.39, 0.29) is 12.8 Å². The number of ketones is 2. The van der Waals surface area contributed by atoms with Crippen LogP contribution in [0.3, 0.4) is 0 Å². The van der Waals surface area contributed by atoms with Gasteiger partial charge >= 0.3 is 0 Å². The predicted octanol–water partition coefficient (Wildman–Crippen LogP) is 5.06. The highest BCUT2D eigenvalue weighted by Crippen LogP contribution is 2.29. The molecule has 0 radical (unpaired) electrons. The molecule has 0 N–H and O–H groups in total. The van der Waals surface area contributed by atoms with Gasteiger partial charge in [0.25, 0.3) is 0 Å². The number of carbonyl (C=O) groups excluding carboxylic acids is 2. The number of hydrogen-bond donors (Lipinski definition) is 0. The summed E-state index contributed by atoms with van der Waals surface area (Å²) in [5, 5.41) is 0. The van der Waals surface area contributed by atoms with Gasteiger partial charge in [0.2, 0.25) is 11.5 Å². The zero-order valence-electron chi connectivity index (χ0n) is 13.2. The van der Waals surface area contributed by atoms with E-state index in [2.05, 4.69) is 0 Å². The molecule has 1 saturated carbocycles. The molecule has 120 valence electrons. The number of rotatable bonds is 2. The molecule has 0 heterocycles. The molecule has 0 amide bonds. The molecule has 22 heavy (non-hydrogen) atoms. The summed E-state index contributed by atoms with van der Waals surface area (Å²) in [7, 11) is 0. The van der Waals surface area contributed by atoms with Crippen LogP contribution in [-0.2, 0) is 4.79 Å². The van der Waals surface area contributed by atoms with Crippen LogP contribution in [0.4, 0.5) is 4.39 Å². The molecule has 1 aromatic carbocycles. The Morgan fingerprint density at radius 1 is 0.864 bits per heavy atom. The van der Waals surface area contributed by atoms with Gasteiger partial charge < -0.3 is 0 Å². The van der Waals surface area contributed by atoms with Crippen molar-refractivity contribution in [2.45, 2.75) is 69.9 Å². The summed E-state index contributed by atoms with van der Waals surface area (Å²) in [6.07, 6.45) is 7.84. The smallest absolute Gasteiger partial charge is 0.230 e. The Bertz CT molecular complexity index is 497. The first kappa shape index (κ1) is 16.9. The highest BCUT2D eigenvalue weighted by Gasteiger charge is 2.45. The summed E-state index contributed by atoms with van der Waals surface area (Å²) in [6.45, 7) is 0. The van der Waals surface area contributed by atoms with Crippen LogP contribution in [-0.4, -0.2) is 17.2 Å². The van der Waals surface area contributed by atoms with Gasteiger partial charge in [-0.05, 0) is 19.3 Å². The van der Waals surface area contributed by atoms with Crippen LogP contribution in [0.5, 0.6) is 0 Å². The molecular weight excluding hydrogens is 279 g/mol. The van der Waals surface area contributed by atoms with E-state index >= 15 is 4.39 Å². The van der Waals surface area contributed by atoms with Crippen molar-refractivity contribution in [1.82, 2.24) is 0 Å². The highest BCUT2D eigenvalue weighted by atomic mass is 19.1. The van der Waals surface area contributed by atoms with E-state index in [4.69, 9.17) is 0 Å². The van der Waals surface area contributed by atoms with Crippen LogP contribution in [0.25, 0.3) is 0 Å². The molecule has 1 atom stereocenters. The Hall–Kier alpha value is -1.51. The van der Waals surface area contributed by atoms with Crippen LogP contribution < -0.4 is 0 Å². The van der Waals surface area contributed by atoms with E-state index in [1.165, 1.54) is 12.8 Å². The Kier molecular flexibility index (Phi) is 6.29. The third-order valence-corrected chi connectivity index (χ3v) is 4.51. The first-order chi connectivity index (χ1) is 10.6. The van der Waals surface area contributed by atoms with Crippen LogP contribution in [0.15, 0.2) is 30.3 Å². The minimum atomic E-state index is -2.33. The van der Waals surface area contributed by atoms with Gasteiger partial charge in [0.15, 0.2) is 5.78 Å². The van der Waals surface area contributed by atoms with Gasteiger partial charge in [-0.1, -0.05) is 68.9 Å². The fourth-order valence-corrected chi connectivity index (χ4v) is 3.11. The summed E-state index contributed by atoms with van der Waals surface area (Å²) in [5.74, 6) is -1.18. The number of benzene rings is 1. The van der Waals surface area contributed by atoms with E-state index in [0.29, 0.717) is 18.4 Å². The maximum atomic E-state index is 15.3. The molecule has 1 aliphatic carbocycles. The van der Waals surface area contributed by atoms with E-state index in [9.17, 15) is 9.59 Å². The number of halogens is 1. The minimum absolute atomic E-state index is 0.0273. The van der Waals surface area contributed by atoms with Crippen LogP contribution in [0.2, 0.25) is 0 Å². The summed E-state index contributed by atoms with van der Waals surface area (Å²) in [4.78, 5) is 24.9. The monoisotopic (exact) mass is 304 g/mol. The number of Topliss-reactive ketones (excluding diaryl/α,β-unsaturated/α-hetero) is 2. The first-order valence-corrected chi connectivity index (χ1v) is 8.47. The number of carbonyl (C=O) groups is 2. The average Bonchev–Trinajstić information content (AvgIpc) is 2.55. The minimum Gasteiger partial charge on any atom is -0.296 e. The second-order valence-corrected chi connectivity index (χ2v) is 6.25. The molecule has 1 aliphatic rings. The van der Waals surface area contributed by atoms with Crippen LogP contribution in [0.1, 0.15) is 74.6 Å². The normalized spacial score (nSPS) is 25.0. The SMILES string of the molecule is O=C1CCCCCCCCCCC1(F)C(=O)c1ccccc1. The molecule has 0 spiro atoms. The van der Waals surface area contributed by atoms with Gasteiger partial charge in [-0.25, -0.2) is 4.39 Å². The molecule has 2 nitrogen and oxygen atoms in total. The molecule has 1 fully saturated rings. The topological polar surface area (TPSA) is 34.1 Å². The fourth-order valence-electron chi connectivity index (χ4n) is 3.11. The second-order valence-electron chi connectivity index (χ2n) is 6.25. The lowest BCUT2D eigenvalue weighted by Crippen LogP contribution is -2.42. The molecule has 0 bridgehead atoms. The van der Waals surface area contributed by atoms with Crippen LogP contribution >= 0.6 is 0 Å². The molecule has 1 unspecified atom stereocenters. The van der Waals surface area contributed by atoms with Gasteiger partial charge in [-0.2, -0.15) is 0 Å². The molecule has 0 aromatic heterocycles. The Labute approximate surface area is 132 Å². The Morgan fingerprint density at radius 3 is 2.05 bits per heavy atom. The molecule has 2 rings (SSSR count). The third-order valence-electron chi connectivity index (χ3n) is 4.51. The van der Waals surface area contributed by atoms with E-state index in [1.54, 1.807) is 30.3 Å². The standard InChI is InChI=1S/C19H25FO2/c20-19(18(22)16-12-8-7-9-13-16)15-11-6-4-2-1-3-5-10-14-17(19)21/h7-9,12-13H,1-6,10-11,14-15H2. The number of alkyl halides is 1. The maximum absolute atomic E-state index is 15.3. The van der Waals surface area contributed by atoms with Gasteiger partial charge in [-0.3, -0.25) is 9.59 Å². The predicted molar refractivity (Wildman–Crippen MR) is 85.8 cm³/mol. The quantitative estimate of drug-likeness (QED) is 0.565. The second kappa shape index (κ2) is 8.21. The van der Waals surface area contributed by atoms with Gasteiger partial charge in [0.05, 0.1) is 0 Å². The molecule has 3 heteroatoms. The van der Waals surface area contributed by atoms with Crippen molar-refractivity contribution >= 4 is 11.6 Å². The van der Waals surface area contributed by atoms with Gasteiger partial charge in [0.1, 0.15) is 0 Å². The van der Waals surface area contributed by atoms with Crippen LogP contribution in [0, 0.1) is 0 Å². The summed E-state index contributed by atoms with van der Waals surface area (Å²) in [5.41, 5.74) is -2.04. The lowest BCUT2D eigenvalue weighted by atomic mass is 9.83. The summed E-state index contributed by atoms with van der Waals surface area (Å²) in [6, 6.07) is 8.37. The average molecular weight is 304 g/mol. The van der Waals surface area contributed by atoms with Gasteiger partial charge in [-0.15, -0.1) is 0 Å². The van der Waals surface area contributed by atoms with E-state index < -0.39 is 17.2 Å². The van der Waals surface area contributed by atoms with Gasteiger partial charge in [0, 0.05) is 12.0 Å². The van der Waals surface area contributed by atoms with Crippen molar-refractivity contribution in [3.8, 4) is 0 Å². The summed E-state index contributed by atoms with van der Waals surface area (Å²) >= 11 is 0. The molecular formula is C19H25FO2. The molecule has 0 saturated heterocycles. The largest absolute Gasteiger partial charge is 0.296 e. The van der Waals surface area contributed by atoms with E-state index in [0.717, 1.165) is 25.7 Å². The summed E-state index contributed by atoms with van der Waals surface area (Å²) < 4.78 is 15.3. The fraction of sp³-hybridized carbons (Fsp3) is 0.579. The molecule has 1 aromatic rings. The lowest BCUT2D eigenvalue weighted by Gasteiger charge is -2.23. The maximum Gasteiger partial charge on any atom is 0.230 e. The van der Waals surface area contributed by atoms with Crippen molar-refractivity contribution in [3.63, 3.8) is 0 Å². The zero-order valence-corrected chi connectivity index (χ0v) is 13.2. The van der Waals surface area contributed by atoms with Crippen molar-refractivity contribution in [1.29, 1.82) is 0 Å². The lowest BCUT2D eigenvalue weighted by molar-refractivity contribution is -0.128. The van der Waals surface area contributed by atoms with Crippen molar-refractivity contribution in [2.75, 3.05) is 0 Å². The Balaban J connectivity index is 2.16. The van der Waals surface area contributed by atoms with Crippen molar-refractivity contribution in [3.05, 3.63) is 35.9 Å². The highest BCUT2D eigenvalue weighted by molar-refractivity contribution is 6.17. The van der Waals surface area contributed by atoms with Crippen molar-refractivity contribution < 1.29 is 14.0 Å². The zero-order chi connectivity index (χ0) is 15.8. The van der Waals surface area contributed by atoms with Crippen molar-refractivity contribution in [2.24, 2.45) is 0 Å². The van der Waals surface area contributed by atoms with E-state index in [1.807, 2.05) is 0 Å². The number of hydrogen-bond acceptors (Lipinski definition) is 2. The first-order valence-electron chi connectivity index (χ1n) is 8.47.